The Kier molecular flexibility index (Phi) is 3.60. The van der Waals surface area contributed by atoms with Gasteiger partial charge < -0.3 is 5.11 Å². The standard InChI is InChI=1S/C15H15O2P/c1-11-3-7-13(8-4-11)15(16,18-17)14-9-5-12(2)6-10-14/h3-10,16H,1-2H3/p+1. The Morgan fingerprint density at radius 2 is 1.17 bits per heavy atom. The van der Waals surface area contributed by atoms with Crippen molar-refractivity contribution in [2.75, 3.05) is 0 Å². The normalized spacial score (nSPS) is 11.7. The van der Waals surface area contributed by atoms with Crippen molar-refractivity contribution in [3.05, 3.63) is 70.8 Å². The summed E-state index contributed by atoms with van der Waals surface area (Å²) in [6, 6.07) is 14.9. The largest absolute Gasteiger partial charge is 0.369 e. The highest BCUT2D eigenvalue weighted by atomic mass is 31.1. The molecule has 18 heavy (non-hydrogen) atoms. The molecule has 0 aliphatic rings. The summed E-state index contributed by atoms with van der Waals surface area (Å²) in [5.41, 5.74) is 3.54. The van der Waals surface area contributed by atoms with Crippen molar-refractivity contribution in [2.24, 2.45) is 0 Å². The first kappa shape index (κ1) is 12.9. The molecule has 3 heteroatoms. The lowest BCUT2D eigenvalue weighted by molar-refractivity contribution is 0.173. The summed E-state index contributed by atoms with van der Waals surface area (Å²) in [5, 5.41) is 9.23. The maximum Gasteiger partial charge on any atom is 0.369 e. The molecule has 0 spiro atoms. The Bertz CT molecular complexity index is 498. The number of aryl methyl sites for hydroxylation is 2. The molecule has 0 aliphatic heterocycles. The second-order valence-electron chi connectivity index (χ2n) is 4.54. The Morgan fingerprint density at radius 3 is 1.44 bits per heavy atom. The quantitative estimate of drug-likeness (QED) is 0.856. The first-order valence-corrected chi connectivity index (χ1v) is 6.73. The third kappa shape index (κ3) is 2.35. The van der Waals surface area contributed by atoms with Crippen LogP contribution in [0, 0.1) is 13.8 Å². The highest BCUT2D eigenvalue weighted by Crippen LogP contribution is 2.39. The Labute approximate surface area is 108 Å². The van der Waals surface area contributed by atoms with Gasteiger partial charge in [-0.3, -0.25) is 0 Å². The molecular formula is C15H16O2P+. The van der Waals surface area contributed by atoms with Gasteiger partial charge in [0.2, 0.25) is 0 Å². The molecule has 2 aromatic rings. The van der Waals surface area contributed by atoms with Gasteiger partial charge in [-0.05, 0) is 13.8 Å². The van der Waals surface area contributed by atoms with Crippen LogP contribution < -0.4 is 0 Å². The molecule has 1 atom stereocenters. The van der Waals surface area contributed by atoms with E-state index in [1.165, 1.54) is 0 Å². The van der Waals surface area contributed by atoms with Gasteiger partial charge in [0.1, 0.15) is 0 Å². The number of hydrogen-bond donors (Lipinski definition) is 1. The van der Waals surface area contributed by atoms with Crippen LogP contribution in [-0.2, 0) is 9.91 Å². The van der Waals surface area contributed by atoms with E-state index in [2.05, 4.69) is 0 Å². The van der Waals surface area contributed by atoms with Gasteiger partial charge >= 0.3 is 13.8 Å². The minimum atomic E-state index is -1.42. The second kappa shape index (κ2) is 5.01. The molecule has 0 fully saturated rings. The summed E-state index contributed by atoms with van der Waals surface area (Å²) >= 11 is 0. The lowest BCUT2D eigenvalue weighted by atomic mass is 9.99. The maximum atomic E-state index is 11.5. The zero-order valence-electron chi connectivity index (χ0n) is 10.5. The van der Waals surface area contributed by atoms with Crippen molar-refractivity contribution in [3.63, 3.8) is 0 Å². The molecule has 1 N–H and O–H groups in total. The van der Waals surface area contributed by atoms with E-state index in [0.29, 0.717) is 11.1 Å². The van der Waals surface area contributed by atoms with Crippen molar-refractivity contribution in [1.29, 1.82) is 0 Å². The van der Waals surface area contributed by atoms with Crippen LogP contribution in [0.5, 0.6) is 0 Å². The molecule has 0 radical (unpaired) electrons. The van der Waals surface area contributed by atoms with Gasteiger partial charge in [0.15, 0.2) is 0 Å². The van der Waals surface area contributed by atoms with Crippen LogP contribution >= 0.6 is 8.46 Å². The van der Waals surface area contributed by atoms with Crippen LogP contribution in [0.4, 0.5) is 0 Å². The summed E-state index contributed by atoms with van der Waals surface area (Å²) in [6.45, 7) is 3.96. The lowest BCUT2D eigenvalue weighted by Crippen LogP contribution is -2.19. The molecule has 0 aliphatic carbocycles. The van der Waals surface area contributed by atoms with E-state index in [4.69, 9.17) is 0 Å². The first-order valence-electron chi connectivity index (χ1n) is 5.82. The van der Waals surface area contributed by atoms with E-state index >= 15 is 0 Å². The van der Waals surface area contributed by atoms with Crippen molar-refractivity contribution in [1.82, 2.24) is 0 Å². The van der Waals surface area contributed by atoms with Crippen LogP contribution in [0.3, 0.4) is 0 Å². The Balaban J connectivity index is 2.50. The number of aliphatic hydroxyl groups is 1. The monoisotopic (exact) mass is 259 g/mol. The predicted molar refractivity (Wildman–Crippen MR) is 74.4 cm³/mol. The molecule has 2 nitrogen and oxygen atoms in total. The number of rotatable bonds is 3. The van der Waals surface area contributed by atoms with Gasteiger partial charge in [-0.25, -0.2) is 0 Å². The third-order valence-corrected chi connectivity index (χ3v) is 3.96. The van der Waals surface area contributed by atoms with E-state index in [1.54, 1.807) is 0 Å². The van der Waals surface area contributed by atoms with Crippen molar-refractivity contribution in [2.45, 2.75) is 19.2 Å². The lowest BCUT2D eigenvalue weighted by Gasteiger charge is -2.15. The average Bonchev–Trinajstić information content (AvgIpc) is 2.39. The minimum absolute atomic E-state index is 0.658. The fourth-order valence-corrected chi connectivity index (χ4v) is 2.44. The van der Waals surface area contributed by atoms with Crippen LogP contribution in [0.15, 0.2) is 48.5 Å². The van der Waals surface area contributed by atoms with Gasteiger partial charge in [-0.2, -0.15) is 0 Å². The van der Waals surface area contributed by atoms with Crippen molar-refractivity contribution in [3.8, 4) is 0 Å². The van der Waals surface area contributed by atoms with Crippen molar-refractivity contribution < 1.29 is 9.67 Å². The van der Waals surface area contributed by atoms with E-state index in [9.17, 15) is 9.67 Å². The van der Waals surface area contributed by atoms with E-state index in [1.807, 2.05) is 62.4 Å². The summed E-state index contributed by atoms with van der Waals surface area (Å²) in [4.78, 5) is 0. The van der Waals surface area contributed by atoms with Crippen LogP contribution in [0.2, 0.25) is 0 Å². The minimum Gasteiger partial charge on any atom is -0.341 e. The zero-order chi connectivity index (χ0) is 13.2. The summed E-state index contributed by atoms with van der Waals surface area (Å²) in [6.07, 6.45) is 0. The molecule has 0 heterocycles. The van der Waals surface area contributed by atoms with E-state index < -0.39 is 13.8 Å². The van der Waals surface area contributed by atoms with Gasteiger partial charge in [0.25, 0.3) is 0 Å². The highest BCUT2D eigenvalue weighted by Gasteiger charge is 2.40. The molecule has 2 aromatic carbocycles. The molecule has 2 rings (SSSR count). The maximum absolute atomic E-state index is 11.5. The summed E-state index contributed by atoms with van der Waals surface area (Å²) in [7, 11) is -0.844. The Morgan fingerprint density at radius 1 is 0.833 bits per heavy atom. The topological polar surface area (TPSA) is 37.3 Å². The fraction of sp³-hybridized carbons (Fsp3) is 0.200. The molecule has 0 saturated heterocycles. The van der Waals surface area contributed by atoms with Gasteiger partial charge in [0, 0.05) is 11.1 Å². The van der Waals surface area contributed by atoms with E-state index in [-0.39, 0.29) is 0 Å². The van der Waals surface area contributed by atoms with Gasteiger partial charge in [-0.1, -0.05) is 64.2 Å². The summed E-state index contributed by atoms with van der Waals surface area (Å²) in [5.74, 6) is 0. The molecule has 0 saturated carbocycles. The van der Waals surface area contributed by atoms with Gasteiger partial charge in [0.05, 0.1) is 0 Å². The van der Waals surface area contributed by atoms with Crippen molar-refractivity contribution >= 4 is 8.46 Å². The predicted octanol–water partition coefficient (Wildman–Crippen LogP) is 3.52. The molecule has 0 aromatic heterocycles. The molecular weight excluding hydrogens is 243 g/mol. The second-order valence-corrected chi connectivity index (χ2v) is 5.47. The van der Waals surface area contributed by atoms with Gasteiger partial charge in [-0.15, -0.1) is 0 Å². The molecule has 0 amide bonds. The average molecular weight is 259 g/mol. The van der Waals surface area contributed by atoms with E-state index in [0.717, 1.165) is 11.1 Å². The molecule has 92 valence electrons. The highest BCUT2D eigenvalue weighted by molar-refractivity contribution is 7.25. The van der Waals surface area contributed by atoms with Crippen LogP contribution in [0.25, 0.3) is 0 Å². The SMILES string of the molecule is Cc1ccc(C(O)([PH+]=O)c2ccc(C)cc2)cc1. The number of hydrogen-bond acceptors (Lipinski definition) is 2. The van der Waals surface area contributed by atoms with Crippen LogP contribution in [-0.4, -0.2) is 5.11 Å². The zero-order valence-corrected chi connectivity index (χ0v) is 11.5. The first-order chi connectivity index (χ1) is 8.56. The fourth-order valence-electron chi connectivity index (χ4n) is 1.87. The third-order valence-electron chi connectivity index (χ3n) is 3.09. The molecule has 1 unspecified atom stereocenters. The van der Waals surface area contributed by atoms with Crippen LogP contribution in [0.1, 0.15) is 22.3 Å². The number of benzene rings is 2. The Hall–Kier alpha value is -1.50. The molecule has 0 bridgehead atoms. The summed E-state index contributed by atoms with van der Waals surface area (Å²) < 4.78 is 11.5. The smallest absolute Gasteiger partial charge is 0.341 e.